The van der Waals surface area contributed by atoms with Crippen LogP contribution in [-0.2, 0) is 4.74 Å². The molecule has 3 nitrogen and oxygen atoms in total. The summed E-state index contributed by atoms with van der Waals surface area (Å²) >= 11 is 0. The van der Waals surface area contributed by atoms with Crippen LogP contribution in [0.25, 0.3) is 0 Å². The van der Waals surface area contributed by atoms with E-state index < -0.39 is 6.61 Å². The van der Waals surface area contributed by atoms with Crippen molar-refractivity contribution in [3.63, 3.8) is 0 Å². The standard InChI is InChI=1S/C14H17F2NO2/c1-2-17-13(12-8-5-9-18-12)10-6-3-4-7-11(10)19-14(15)16/h3-4,6-8,13-14,17H,2,5,9H2,1H3. The van der Waals surface area contributed by atoms with Crippen molar-refractivity contribution in [2.75, 3.05) is 13.2 Å². The first-order valence-corrected chi connectivity index (χ1v) is 6.32. The van der Waals surface area contributed by atoms with Crippen LogP contribution in [0.15, 0.2) is 36.1 Å². The summed E-state index contributed by atoms with van der Waals surface area (Å²) in [7, 11) is 0. The maximum atomic E-state index is 12.4. The second-order valence-corrected chi connectivity index (χ2v) is 4.15. The van der Waals surface area contributed by atoms with E-state index in [9.17, 15) is 8.78 Å². The molecule has 1 aromatic carbocycles. The van der Waals surface area contributed by atoms with E-state index >= 15 is 0 Å². The molecule has 1 atom stereocenters. The molecule has 1 unspecified atom stereocenters. The number of alkyl halides is 2. The number of para-hydroxylation sites is 1. The fourth-order valence-corrected chi connectivity index (χ4v) is 2.13. The summed E-state index contributed by atoms with van der Waals surface area (Å²) in [5.41, 5.74) is 0.665. The fourth-order valence-electron chi connectivity index (χ4n) is 2.13. The molecule has 104 valence electrons. The Morgan fingerprint density at radius 1 is 1.37 bits per heavy atom. The zero-order valence-corrected chi connectivity index (χ0v) is 10.7. The van der Waals surface area contributed by atoms with E-state index in [0.717, 1.165) is 12.2 Å². The molecule has 1 heterocycles. The van der Waals surface area contributed by atoms with Crippen LogP contribution in [0.5, 0.6) is 5.75 Å². The third kappa shape index (κ3) is 3.44. The van der Waals surface area contributed by atoms with Gasteiger partial charge in [0.05, 0.1) is 12.6 Å². The number of rotatable bonds is 6. The van der Waals surface area contributed by atoms with E-state index in [1.54, 1.807) is 24.3 Å². The van der Waals surface area contributed by atoms with Crippen molar-refractivity contribution in [3.8, 4) is 5.75 Å². The second-order valence-electron chi connectivity index (χ2n) is 4.15. The van der Waals surface area contributed by atoms with Gasteiger partial charge in [-0.1, -0.05) is 25.1 Å². The Kier molecular flexibility index (Phi) is 4.74. The molecule has 0 spiro atoms. The van der Waals surface area contributed by atoms with Crippen molar-refractivity contribution in [3.05, 3.63) is 41.7 Å². The maximum absolute atomic E-state index is 12.4. The lowest BCUT2D eigenvalue weighted by Crippen LogP contribution is -2.24. The minimum absolute atomic E-state index is 0.180. The van der Waals surface area contributed by atoms with Gasteiger partial charge in [0.15, 0.2) is 0 Å². The molecule has 1 aromatic rings. The molecule has 0 fully saturated rings. The first-order chi connectivity index (χ1) is 9.22. The predicted molar refractivity (Wildman–Crippen MR) is 68.1 cm³/mol. The number of hydrogen-bond acceptors (Lipinski definition) is 3. The van der Waals surface area contributed by atoms with E-state index in [-0.39, 0.29) is 11.8 Å². The molecule has 2 rings (SSSR count). The van der Waals surface area contributed by atoms with Crippen LogP contribution in [-0.4, -0.2) is 19.8 Å². The Bertz CT molecular complexity index is 449. The SMILES string of the molecule is CCNC(C1=CCCO1)c1ccccc1OC(F)F. The van der Waals surface area contributed by atoms with Crippen molar-refractivity contribution in [2.45, 2.75) is 26.0 Å². The smallest absolute Gasteiger partial charge is 0.387 e. The van der Waals surface area contributed by atoms with Crippen LogP contribution >= 0.6 is 0 Å². The molecular weight excluding hydrogens is 252 g/mol. The van der Waals surface area contributed by atoms with Crippen LogP contribution in [0.4, 0.5) is 8.78 Å². The highest BCUT2D eigenvalue weighted by Gasteiger charge is 2.23. The molecule has 0 aliphatic carbocycles. The van der Waals surface area contributed by atoms with Crippen LogP contribution in [0.1, 0.15) is 24.9 Å². The third-order valence-electron chi connectivity index (χ3n) is 2.87. The Labute approximate surface area is 111 Å². The van der Waals surface area contributed by atoms with Gasteiger partial charge in [0.1, 0.15) is 11.5 Å². The Morgan fingerprint density at radius 3 is 2.79 bits per heavy atom. The van der Waals surface area contributed by atoms with Crippen molar-refractivity contribution in [2.24, 2.45) is 0 Å². The molecule has 19 heavy (non-hydrogen) atoms. The average Bonchev–Trinajstić information content (AvgIpc) is 2.90. The summed E-state index contributed by atoms with van der Waals surface area (Å²) in [5.74, 6) is 0.951. The highest BCUT2D eigenvalue weighted by Crippen LogP contribution is 2.33. The van der Waals surface area contributed by atoms with E-state index in [0.29, 0.717) is 18.7 Å². The molecule has 1 aliphatic rings. The maximum Gasteiger partial charge on any atom is 0.387 e. The number of benzene rings is 1. The first kappa shape index (κ1) is 13.8. The number of hydrogen-bond donors (Lipinski definition) is 1. The lowest BCUT2D eigenvalue weighted by atomic mass is 10.0. The van der Waals surface area contributed by atoms with E-state index in [2.05, 4.69) is 10.1 Å². The van der Waals surface area contributed by atoms with Gasteiger partial charge in [0.25, 0.3) is 0 Å². The lowest BCUT2D eigenvalue weighted by Gasteiger charge is -2.22. The van der Waals surface area contributed by atoms with Gasteiger partial charge in [-0.05, 0) is 18.7 Å². The number of ether oxygens (including phenoxy) is 2. The fraction of sp³-hybridized carbons (Fsp3) is 0.429. The Morgan fingerprint density at radius 2 is 2.16 bits per heavy atom. The van der Waals surface area contributed by atoms with Crippen molar-refractivity contribution in [1.82, 2.24) is 5.32 Å². The molecule has 5 heteroatoms. The van der Waals surface area contributed by atoms with Gasteiger partial charge < -0.3 is 14.8 Å². The van der Waals surface area contributed by atoms with E-state index in [1.807, 2.05) is 13.0 Å². The highest BCUT2D eigenvalue weighted by molar-refractivity contribution is 5.39. The van der Waals surface area contributed by atoms with Crippen LogP contribution in [0, 0.1) is 0 Å². The monoisotopic (exact) mass is 269 g/mol. The van der Waals surface area contributed by atoms with Gasteiger partial charge >= 0.3 is 6.61 Å². The van der Waals surface area contributed by atoms with E-state index in [4.69, 9.17) is 4.74 Å². The Hall–Kier alpha value is -1.62. The first-order valence-electron chi connectivity index (χ1n) is 6.32. The highest BCUT2D eigenvalue weighted by atomic mass is 19.3. The molecule has 0 amide bonds. The minimum Gasteiger partial charge on any atom is -0.496 e. The summed E-state index contributed by atoms with van der Waals surface area (Å²) < 4.78 is 35.0. The molecule has 0 aromatic heterocycles. The zero-order valence-electron chi connectivity index (χ0n) is 10.7. The lowest BCUT2D eigenvalue weighted by molar-refractivity contribution is -0.0507. The van der Waals surface area contributed by atoms with Gasteiger partial charge in [-0.3, -0.25) is 0 Å². The van der Waals surface area contributed by atoms with Gasteiger partial charge in [-0.15, -0.1) is 0 Å². The summed E-state index contributed by atoms with van der Waals surface area (Å²) in [4.78, 5) is 0. The molecular formula is C14H17F2NO2. The minimum atomic E-state index is -2.83. The quantitative estimate of drug-likeness (QED) is 0.860. The summed E-state index contributed by atoms with van der Waals surface area (Å²) in [6.45, 7) is 0.463. The average molecular weight is 269 g/mol. The zero-order chi connectivity index (χ0) is 13.7. The summed E-state index contributed by atoms with van der Waals surface area (Å²) in [6, 6.07) is 6.54. The second kappa shape index (κ2) is 6.52. The molecule has 1 aliphatic heterocycles. The predicted octanol–water partition coefficient (Wildman–Crippen LogP) is 3.24. The topological polar surface area (TPSA) is 30.5 Å². The number of likely N-dealkylation sites (N-methyl/N-ethyl adjacent to an activating group) is 1. The molecule has 1 N–H and O–H groups in total. The summed E-state index contributed by atoms with van der Waals surface area (Å²) in [5, 5.41) is 3.24. The van der Waals surface area contributed by atoms with Gasteiger partial charge in [0, 0.05) is 12.0 Å². The summed E-state index contributed by atoms with van der Waals surface area (Å²) in [6.07, 6.45) is 2.82. The molecule has 0 bridgehead atoms. The largest absolute Gasteiger partial charge is 0.496 e. The molecule has 0 radical (unpaired) electrons. The van der Waals surface area contributed by atoms with Crippen molar-refractivity contribution >= 4 is 0 Å². The number of nitrogens with one attached hydrogen (secondary N) is 1. The Balaban J connectivity index is 2.30. The molecule has 0 saturated carbocycles. The van der Waals surface area contributed by atoms with Crippen LogP contribution in [0.3, 0.4) is 0 Å². The van der Waals surface area contributed by atoms with E-state index in [1.165, 1.54) is 0 Å². The normalized spacial score (nSPS) is 16.1. The van der Waals surface area contributed by atoms with Crippen molar-refractivity contribution in [1.29, 1.82) is 0 Å². The van der Waals surface area contributed by atoms with Crippen LogP contribution in [0.2, 0.25) is 0 Å². The van der Waals surface area contributed by atoms with Crippen LogP contribution < -0.4 is 10.1 Å². The van der Waals surface area contributed by atoms with Gasteiger partial charge in [0.2, 0.25) is 0 Å². The number of halogens is 2. The molecule has 0 saturated heterocycles. The van der Waals surface area contributed by atoms with Crippen molar-refractivity contribution < 1.29 is 18.3 Å². The van der Waals surface area contributed by atoms with Gasteiger partial charge in [-0.2, -0.15) is 8.78 Å². The third-order valence-corrected chi connectivity index (χ3v) is 2.87. The van der Waals surface area contributed by atoms with Gasteiger partial charge in [-0.25, -0.2) is 0 Å².